The Morgan fingerprint density at radius 3 is 3.09 bits per heavy atom. The molecule has 1 aromatic heterocycles. The second-order valence-corrected chi connectivity index (χ2v) is 2.01. The van der Waals surface area contributed by atoms with Gasteiger partial charge in [-0.1, -0.05) is 0 Å². The first-order valence-electron chi connectivity index (χ1n) is 3.34. The summed E-state index contributed by atoms with van der Waals surface area (Å²) in [6.07, 6.45) is 3.07. The normalized spacial score (nSPS) is 9.55. The zero-order chi connectivity index (χ0) is 8.10. The third kappa shape index (κ3) is 2.09. The topological polar surface area (TPSA) is 68.1 Å². The molecule has 0 saturated carbocycles. The van der Waals surface area contributed by atoms with Crippen molar-refractivity contribution in [3.8, 4) is 5.75 Å². The average Bonchev–Trinajstić information content (AvgIpc) is 2.03. The van der Waals surface area contributed by atoms with E-state index >= 15 is 0 Å². The number of pyridine rings is 1. The largest absolute Gasteiger partial charge is 0.487 e. The predicted octanol–water partition coefficient (Wildman–Crippen LogP) is -0.288. The minimum atomic E-state index is -0.128. The molecule has 4 heteroatoms. The number of aromatic nitrogens is 1. The fourth-order valence-electron chi connectivity index (χ4n) is 0.683. The van der Waals surface area contributed by atoms with Crippen LogP contribution in [0.2, 0.25) is 0 Å². The monoisotopic (exact) mass is 154 g/mol. The first-order chi connectivity index (χ1) is 5.34. The highest BCUT2D eigenvalue weighted by Crippen LogP contribution is 1.96. The number of nitrogens with one attached hydrogen (secondary N) is 1. The molecule has 0 unspecified atom stereocenters. The molecular formula is C7H10N2O2. The maximum Gasteiger partial charge on any atom is 0.223 e. The minimum absolute atomic E-state index is 0.128. The molecule has 1 rings (SSSR count). The van der Waals surface area contributed by atoms with Crippen LogP contribution in [0.4, 0.5) is 0 Å². The van der Waals surface area contributed by atoms with E-state index in [1.54, 1.807) is 6.20 Å². The molecule has 0 saturated heterocycles. The van der Waals surface area contributed by atoms with Crippen molar-refractivity contribution in [3.05, 3.63) is 28.7 Å². The number of nitrogens with two attached hydrogens (primary N) is 1. The van der Waals surface area contributed by atoms with Crippen molar-refractivity contribution in [1.29, 1.82) is 0 Å². The van der Waals surface area contributed by atoms with Crippen LogP contribution in [0.3, 0.4) is 0 Å². The van der Waals surface area contributed by atoms with Gasteiger partial charge in [-0.3, -0.25) is 4.79 Å². The number of hydrogen-bond donors (Lipinski definition) is 2. The van der Waals surface area contributed by atoms with Gasteiger partial charge in [0, 0.05) is 25.0 Å². The Morgan fingerprint density at radius 2 is 2.45 bits per heavy atom. The molecule has 3 N–H and O–H groups in total. The Bertz CT molecular complexity index is 269. The van der Waals surface area contributed by atoms with Gasteiger partial charge in [-0.05, 0) is 0 Å². The number of hydrogen-bond acceptors (Lipinski definition) is 3. The van der Waals surface area contributed by atoms with E-state index in [0.717, 1.165) is 0 Å². The fourth-order valence-corrected chi connectivity index (χ4v) is 0.683. The second kappa shape index (κ2) is 3.78. The summed E-state index contributed by atoms with van der Waals surface area (Å²) >= 11 is 0. The second-order valence-electron chi connectivity index (χ2n) is 2.01. The molecule has 1 heterocycles. The lowest BCUT2D eigenvalue weighted by molar-refractivity contribution is 0.324. The van der Waals surface area contributed by atoms with E-state index in [1.165, 1.54) is 12.3 Å². The lowest BCUT2D eigenvalue weighted by Gasteiger charge is -2.00. The van der Waals surface area contributed by atoms with Gasteiger partial charge in [0.1, 0.15) is 6.61 Å². The molecule has 0 bridgehead atoms. The van der Waals surface area contributed by atoms with Crippen molar-refractivity contribution >= 4 is 0 Å². The summed E-state index contributed by atoms with van der Waals surface area (Å²) in [6, 6.07) is 1.41. The van der Waals surface area contributed by atoms with Crippen LogP contribution < -0.4 is 15.9 Å². The lowest BCUT2D eigenvalue weighted by atomic mass is 10.4. The Morgan fingerprint density at radius 1 is 1.64 bits per heavy atom. The van der Waals surface area contributed by atoms with Gasteiger partial charge in [-0.2, -0.15) is 0 Å². The van der Waals surface area contributed by atoms with Crippen molar-refractivity contribution < 1.29 is 4.74 Å². The van der Waals surface area contributed by atoms with Crippen molar-refractivity contribution in [3.63, 3.8) is 0 Å². The molecular weight excluding hydrogens is 144 g/mol. The van der Waals surface area contributed by atoms with E-state index in [9.17, 15) is 4.79 Å². The van der Waals surface area contributed by atoms with Crippen molar-refractivity contribution in [1.82, 2.24) is 4.98 Å². The SMILES string of the molecule is NCCOc1c[nH]ccc1=O. The zero-order valence-corrected chi connectivity index (χ0v) is 6.04. The van der Waals surface area contributed by atoms with Gasteiger partial charge in [-0.25, -0.2) is 0 Å². The summed E-state index contributed by atoms with van der Waals surface area (Å²) in [5.41, 5.74) is 5.06. The average molecular weight is 154 g/mol. The fraction of sp³-hybridized carbons (Fsp3) is 0.286. The third-order valence-electron chi connectivity index (χ3n) is 1.16. The van der Waals surface area contributed by atoms with E-state index in [0.29, 0.717) is 18.9 Å². The molecule has 60 valence electrons. The predicted molar refractivity (Wildman–Crippen MR) is 41.6 cm³/mol. The van der Waals surface area contributed by atoms with Gasteiger partial charge in [0.2, 0.25) is 5.43 Å². The van der Waals surface area contributed by atoms with Crippen LogP contribution in [0.1, 0.15) is 0 Å². The highest BCUT2D eigenvalue weighted by atomic mass is 16.5. The van der Waals surface area contributed by atoms with Crippen LogP contribution in [0.15, 0.2) is 23.3 Å². The molecule has 0 fully saturated rings. The van der Waals surface area contributed by atoms with Crippen LogP contribution in [-0.4, -0.2) is 18.1 Å². The smallest absolute Gasteiger partial charge is 0.223 e. The maximum atomic E-state index is 10.9. The number of H-pyrrole nitrogens is 1. The summed E-state index contributed by atoms with van der Waals surface area (Å²) in [7, 11) is 0. The first kappa shape index (κ1) is 7.81. The highest BCUT2D eigenvalue weighted by molar-refractivity contribution is 5.15. The van der Waals surface area contributed by atoms with Crippen molar-refractivity contribution in [2.45, 2.75) is 0 Å². The Balaban J connectivity index is 2.70. The van der Waals surface area contributed by atoms with Gasteiger partial charge < -0.3 is 15.5 Å². The van der Waals surface area contributed by atoms with Crippen LogP contribution in [0, 0.1) is 0 Å². The minimum Gasteiger partial charge on any atom is -0.487 e. The molecule has 4 nitrogen and oxygen atoms in total. The summed E-state index contributed by atoms with van der Waals surface area (Å²) in [5.74, 6) is 0.318. The van der Waals surface area contributed by atoms with Crippen molar-refractivity contribution in [2.75, 3.05) is 13.2 Å². The third-order valence-corrected chi connectivity index (χ3v) is 1.16. The summed E-state index contributed by atoms with van der Waals surface area (Å²) in [5, 5.41) is 0. The van der Waals surface area contributed by atoms with Crippen LogP contribution >= 0.6 is 0 Å². The van der Waals surface area contributed by atoms with Gasteiger partial charge in [-0.15, -0.1) is 0 Å². The van der Waals surface area contributed by atoms with Crippen LogP contribution in [-0.2, 0) is 0 Å². The number of aromatic amines is 1. The lowest BCUT2D eigenvalue weighted by Crippen LogP contribution is -2.14. The Labute approximate surface area is 64.0 Å². The summed E-state index contributed by atoms with van der Waals surface area (Å²) < 4.78 is 5.02. The molecule has 0 aliphatic heterocycles. The molecule has 0 aromatic carbocycles. The van der Waals surface area contributed by atoms with Gasteiger partial charge in [0.15, 0.2) is 5.75 Å². The van der Waals surface area contributed by atoms with E-state index in [2.05, 4.69) is 4.98 Å². The number of rotatable bonds is 3. The van der Waals surface area contributed by atoms with Gasteiger partial charge in [0.05, 0.1) is 0 Å². The van der Waals surface area contributed by atoms with E-state index < -0.39 is 0 Å². The highest BCUT2D eigenvalue weighted by Gasteiger charge is 1.95. The summed E-state index contributed by atoms with van der Waals surface area (Å²) in [6.45, 7) is 0.779. The van der Waals surface area contributed by atoms with E-state index in [1.807, 2.05) is 0 Å². The van der Waals surface area contributed by atoms with Gasteiger partial charge in [0.25, 0.3) is 0 Å². The molecule has 0 amide bonds. The van der Waals surface area contributed by atoms with Crippen LogP contribution in [0.25, 0.3) is 0 Å². The molecule has 11 heavy (non-hydrogen) atoms. The summed E-state index contributed by atoms with van der Waals surface area (Å²) in [4.78, 5) is 13.7. The Kier molecular flexibility index (Phi) is 2.68. The quantitative estimate of drug-likeness (QED) is 0.628. The van der Waals surface area contributed by atoms with E-state index in [4.69, 9.17) is 10.5 Å². The van der Waals surface area contributed by atoms with E-state index in [-0.39, 0.29) is 5.43 Å². The zero-order valence-electron chi connectivity index (χ0n) is 6.04. The molecule has 0 spiro atoms. The number of ether oxygens (including phenoxy) is 1. The Hall–Kier alpha value is -1.29. The van der Waals surface area contributed by atoms with Crippen molar-refractivity contribution in [2.24, 2.45) is 5.73 Å². The molecule has 0 radical (unpaired) electrons. The molecule has 0 aliphatic rings. The standard InChI is InChI=1S/C7H10N2O2/c8-2-4-11-7-5-9-3-1-6(7)10/h1,3,5H,2,4,8H2,(H,9,10). The van der Waals surface area contributed by atoms with Gasteiger partial charge >= 0.3 is 0 Å². The van der Waals surface area contributed by atoms with Crippen LogP contribution in [0.5, 0.6) is 5.75 Å². The molecule has 0 aliphatic carbocycles. The molecule has 1 aromatic rings. The first-order valence-corrected chi connectivity index (χ1v) is 3.34. The maximum absolute atomic E-state index is 10.9. The molecule has 0 atom stereocenters.